The number of esters is 1. The number of rotatable bonds is 7. The molecular weight excluding hydrogens is 418 g/mol. The Morgan fingerprint density at radius 3 is 2.31 bits per heavy atom. The Kier molecular flexibility index (Phi) is 7.60. The summed E-state index contributed by atoms with van der Waals surface area (Å²) in [4.78, 5) is 23.0. The summed E-state index contributed by atoms with van der Waals surface area (Å²) >= 11 is 6.03. The van der Waals surface area contributed by atoms with E-state index in [0.717, 1.165) is 0 Å². The van der Waals surface area contributed by atoms with E-state index < -0.39 is 16.0 Å². The number of benzene rings is 2. The number of carbonyl (C=O) groups is 2. The molecule has 0 saturated carbocycles. The van der Waals surface area contributed by atoms with E-state index in [-0.39, 0.29) is 34.1 Å². The minimum absolute atomic E-state index is 0.0113. The molecule has 156 valence electrons. The summed E-state index contributed by atoms with van der Waals surface area (Å²) in [6.07, 6.45) is 0. The van der Waals surface area contributed by atoms with Gasteiger partial charge in [-0.1, -0.05) is 23.7 Å². The molecule has 0 bridgehead atoms. The molecule has 2 rings (SSSR count). The van der Waals surface area contributed by atoms with Crippen LogP contribution in [0, 0.1) is 0 Å². The van der Waals surface area contributed by atoms with Gasteiger partial charge in [0.25, 0.3) is 0 Å². The Bertz CT molecular complexity index is 991. The minimum atomic E-state index is -3.89. The quantitative estimate of drug-likeness (QED) is 0.573. The zero-order chi connectivity index (χ0) is 21.6. The van der Waals surface area contributed by atoms with Crippen molar-refractivity contribution in [2.45, 2.75) is 31.3 Å². The zero-order valence-corrected chi connectivity index (χ0v) is 17.7. The van der Waals surface area contributed by atoms with Crippen molar-refractivity contribution >= 4 is 39.3 Å². The van der Waals surface area contributed by atoms with Gasteiger partial charge in [0.15, 0.2) is 0 Å². The fraction of sp³-hybridized carbons (Fsp3) is 0.263. The number of hydrogen-bond donors (Lipinski definition) is 3. The summed E-state index contributed by atoms with van der Waals surface area (Å²) in [6, 6.07) is 10.2. The number of anilines is 1. The lowest BCUT2D eigenvalue weighted by Gasteiger charge is -2.11. The minimum Gasteiger partial charge on any atom is -0.465 e. The van der Waals surface area contributed by atoms with Crippen LogP contribution in [-0.2, 0) is 21.3 Å². The zero-order valence-electron chi connectivity index (χ0n) is 16.2. The Hall–Kier alpha value is -2.62. The highest BCUT2D eigenvalue weighted by Crippen LogP contribution is 2.23. The molecule has 10 heteroatoms. The van der Waals surface area contributed by atoms with Gasteiger partial charge in [-0.2, -0.15) is 0 Å². The average molecular weight is 440 g/mol. The predicted molar refractivity (Wildman–Crippen MR) is 111 cm³/mol. The predicted octanol–water partition coefficient (Wildman–Crippen LogP) is 3.14. The SMILES string of the molecule is COC(=O)c1ccc(S(=O)(=O)NCc2ccc(NC(=O)NC(C)C)cc2)c(Cl)c1. The van der Waals surface area contributed by atoms with E-state index >= 15 is 0 Å². The van der Waals surface area contributed by atoms with Crippen LogP contribution in [0.25, 0.3) is 0 Å². The van der Waals surface area contributed by atoms with Crippen LogP contribution in [0.3, 0.4) is 0 Å². The number of amides is 2. The second kappa shape index (κ2) is 9.73. The molecule has 0 fully saturated rings. The molecule has 0 aliphatic carbocycles. The molecule has 2 amide bonds. The number of urea groups is 1. The first-order valence-electron chi connectivity index (χ1n) is 8.66. The van der Waals surface area contributed by atoms with Crippen LogP contribution in [0.1, 0.15) is 29.8 Å². The molecule has 2 aromatic rings. The van der Waals surface area contributed by atoms with Crippen LogP contribution in [0.2, 0.25) is 5.02 Å². The van der Waals surface area contributed by atoms with Crippen LogP contribution in [0.4, 0.5) is 10.5 Å². The van der Waals surface area contributed by atoms with E-state index in [0.29, 0.717) is 11.3 Å². The maximum Gasteiger partial charge on any atom is 0.337 e. The fourth-order valence-corrected chi connectivity index (χ4v) is 3.92. The van der Waals surface area contributed by atoms with Gasteiger partial charge in [0, 0.05) is 18.3 Å². The highest BCUT2D eigenvalue weighted by Gasteiger charge is 2.19. The highest BCUT2D eigenvalue weighted by atomic mass is 35.5. The van der Waals surface area contributed by atoms with E-state index in [4.69, 9.17) is 11.6 Å². The van der Waals surface area contributed by atoms with Gasteiger partial charge in [-0.25, -0.2) is 22.7 Å². The second-order valence-electron chi connectivity index (χ2n) is 6.41. The number of nitrogens with one attached hydrogen (secondary N) is 3. The first-order valence-corrected chi connectivity index (χ1v) is 10.5. The molecule has 8 nitrogen and oxygen atoms in total. The lowest BCUT2D eigenvalue weighted by atomic mass is 10.2. The Labute approximate surface area is 174 Å². The molecule has 0 aromatic heterocycles. The third-order valence-corrected chi connectivity index (χ3v) is 5.62. The summed E-state index contributed by atoms with van der Waals surface area (Å²) < 4.78 is 32.1. The van der Waals surface area contributed by atoms with Crippen molar-refractivity contribution in [3.05, 3.63) is 58.6 Å². The van der Waals surface area contributed by atoms with Crippen molar-refractivity contribution in [2.75, 3.05) is 12.4 Å². The first kappa shape index (κ1) is 22.7. The summed E-state index contributed by atoms with van der Waals surface area (Å²) in [5, 5.41) is 5.30. The molecule has 0 unspecified atom stereocenters. The fourth-order valence-electron chi connectivity index (χ4n) is 2.35. The van der Waals surface area contributed by atoms with E-state index in [1.54, 1.807) is 24.3 Å². The van der Waals surface area contributed by atoms with Crippen LogP contribution < -0.4 is 15.4 Å². The first-order chi connectivity index (χ1) is 13.6. The van der Waals surface area contributed by atoms with Gasteiger partial charge in [0.05, 0.1) is 17.7 Å². The molecule has 0 radical (unpaired) electrons. The lowest BCUT2D eigenvalue weighted by molar-refractivity contribution is 0.0600. The number of carbonyl (C=O) groups excluding carboxylic acids is 2. The summed E-state index contributed by atoms with van der Waals surface area (Å²) in [5.41, 5.74) is 1.42. The van der Waals surface area contributed by atoms with Crippen molar-refractivity contribution in [3.8, 4) is 0 Å². The molecule has 0 aliphatic heterocycles. The topological polar surface area (TPSA) is 114 Å². The molecule has 0 heterocycles. The van der Waals surface area contributed by atoms with Gasteiger partial charge in [-0.05, 0) is 49.7 Å². The Morgan fingerprint density at radius 1 is 1.10 bits per heavy atom. The van der Waals surface area contributed by atoms with Gasteiger partial charge in [0.1, 0.15) is 4.90 Å². The van der Waals surface area contributed by atoms with Crippen LogP contribution >= 0.6 is 11.6 Å². The van der Waals surface area contributed by atoms with Crippen molar-refractivity contribution in [1.82, 2.24) is 10.0 Å². The van der Waals surface area contributed by atoms with E-state index in [2.05, 4.69) is 20.1 Å². The van der Waals surface area contributed by atoms with Crippen molar-refractivity contribution in [1.29, 1.82) is 0 Å². The maximum absolute atomic E-state index is 12.5. The van der Waals surface area contributed by atoms with Gasteiger partial charge >= 0.3 is 12.0 Å². The Morgan fingerprint density at radius 2 is 1.76 bits per heavy atom. The monoisotopic (exact) mass is 439 g/mol. The summed E-state index contributed by atoms with van der Waals surface area (Å²) in [6.45, 7) is 3.73. The lowest BCUT2D eigenvalue weighted by Crippen LogP contribution is -2.34. The molecule has 29 heavy (non-hydrogen) atoms. The third-order valence-electron chi connectivity index (χ3n) is 3.74. The molecule has 2 aromatic carbocycles. The third kappa shape index (κ3) is 6.45. The molecule has 0 aliphatic rings. The molecule has 0 saturated heterocycles. The van der Waals surface area contributed by atoms with E-state index in [1.807, 2.05) is 13.8 Å². The highest BCUT2D eigenvalue weighted by molar-refractivity contribution is 7.89. The van der Waals surface area contributed by atoms with Crippen LogP contribution in [-0.4, -0.2) is 33.6 Å². The standard InChI is InChI=1S/C19H22ClN3O5S/c1-12(2)22-19(25)23-15-7-4-13(5-8-15)11-21-29(26,27)17-9-6-14(10-16(17)20)18(24)28-3/h4-10,12,21H,11H2,1-3H3,(H2,22,23,25). The van der Waals surface area contributed by atoms with E-state index in [1.165, 1.54) is 25.3 Å². The van der Waals surface area contributed by atoms with Crippen molar-refractivity contribution < 1.29 is 22.7 Å². The summed E-state index contributed by atoms with van der Waals surface area (Å²) in [7, 11) is -2.67. The number of ether oxygens (including phenoxy) is 1. The largest absolute Gasteiger partial charge is 0.465 e. The van der Waals surface area contributed by atoms with Crippen molar-refractivity contribution in [3.63, 3.8) is 0 Å². The molecule has 0 atom stereocenters. The number of methoxy groups -OCH3 is 1. The molecule has 0 spiro atoms. The Balaban J connectivity index is 2.03. The smallest absolute Gasteiger partial charge is 0.337 e. The number of sulfonamides is 1. The maximum atomic E-state index is 12.5. The summed E-state index contributed by atoms with van der Waals surface area (Å²) in [5.74, 6) is -0.611. The molecule has 3 N–H and O–H groups in total. The second-order valence-corrected chi connectivity index (χ2v) is 8.55. The van der Waals surface area contributed by atoms with E-state index in [9.17, 15) is 18.0 Å². The number of halogens is 1. The van der Waals surface area contributed by atoms with Gasteiger partial charge in [0.2, 0.25) is 10.0 Å². The average Bonchev–Trinajstić information content (AvgIpc) is 2.66. The molecular formula is C19H22ClN3O5S. The van der Waals surface area contributed by atoms with Gasteiger partial charge in [-0.3, -0.25) is 0 Å². The number of hydrogen-bond acceptors (Lipinski definition) is 5. The normalized spacial score (nSPS) is 11.2. The van der Waals surface area contributed by atoms with Crippen LogP contribution in [0.15, 0.2) is 47.4 Å². The van der Waals surface area contributed by atoms with Gasteiger partial charge in [-0.15, -0.1) is 0 Å². The van der Waals surface area contributed by atoms with Crippen molar-refractivity contribution in [2.24, 2.45) is 0 Å². The van der Waals surface area contributed by atoms with Crippen LogP contribution in [0.5, 0.6) is 0 Å². The van der Waals surface area contributed by atoms with Gasteiger partial charge < -0.3 is 15.4 Å².